The van der Waals surface area contributed by atoms with Gasteiger partial charge in [0.05, 0.1) is 11.5 Å². The van der Waals surface area contributed by atoms with Gasteiger partial charge in [-0.25, -0.2) is 13.6 Å². The quantitative estimate of drug-likeness (QED) is 0.867. The Morgan fingerprint density at radius 2 is 1.88 bits per heavy atom. The van der Waals surface area contributed by atoms with Crippen LogP contribution in [0.3, 0.4) is 0 Å². The summed E-state index contributed by atoms with van der Waals surface area (Å²) in [6.07, 6.45) is 2.17. The van der Waals surface area contributed by atoms with Gasteiger partial charge in [0, 0.05) is 12.6 Å². The minimum atomic E-state index is -3.67. The van der Waals surface area contributed by atoms with Crippen molar-refractivity contribution in [2.45, 2.75) is 30.3 Å². The van der Waals surface area contributed by atoms with Gasteiger partial charge in [-0.3, -0.25) is 4.90 Å². The van der Waals surface area contributed by atoms with Gasteiger partial charge >= 0.3 is 0 Å². The maximum absolute atomic E-state index is 11.3. The van der Waals surface area contributed by atoms with Crippen molar-refractivity contribution in [3.63, 3.8) is 0 Å². The zero-order valence-electron chi connectivity index (χ0n) is 13.4. The van der Waals surface area contributed by atoms with Crippen molar-refractivity contribution in [2.24, 2.45) is 5.14 Å². The summed E-state index contributed by atoms with van der Waals surface area (Å²) >= 11 is 0. The van der Waals surface area contributed by atoms with Gasteiger partial charge in [0.15, 0.2) is 0 Å². The fourth-order valence-corrected chi connectivity index (χ4v) is 3.75. The number of nitrogens with zero attached hydrogens (tertiary/aromatic N) is 1. The number of sulfonamides is 1. The molecule has 1 saturated heterocycles. The van der Waals surface area contributed by atoms with Crippen molar-refractivity contribution in [1.29, 1.82) is 0 Å². The third kappa shape index (κ3) is 3.84. The van der Waals surface area contributed by atoms with Crippen LogP contribution in [0.2, 0.25) is 0 Å². The Bertz CT molecular complexity index is 803. The number of nitrogens with two attached hydrogens (primary N) is 1. The zero-order chi connectivity index (χ0) is 17.2. The number of likely N-dealkylation sites (tertiary alicyclic amines) is 1. The normalized spacial score (nSPS) is 18.8. The average molecular weight is 346 g/mol. The van der Waals surface area contributed by atoms with Crippen LogP contribution in [-0.2, 0) is 16.6 Å². The second-order valence-electron chi connectivity index (χ2n) is 6.22. The van der Waals surface area contributed by atoms with Gasteiger partial charge in [-0.05, 0) is 54.3 Å². The first-order valence-electron chi connectivity index (χ1n) is 8.04. The number of primary sulfonamides is 1. The van der Waals surface area contributed by atoms with Gasteiger partial charge in [0.1, 0.15) is 0 Å². The standard InChI is InChI=1S/C18H22N2O3S/c19-24(22,23)18-8-6-15(7-9-18)16-4-1-3-14(11-16)12-20-10-2-5-17(20)13-21/h1,3-4,6-9,11,17,21H,2,5,10,12-13H2,(H2,19,22,23)/t17-/m0/s1. The second-order valence-corrected chi connectivity index (χ2v) is 7.78. The summed E-state index contributed by atoms with van der Waals surface area (Å²) in [6.45, 7) is 2.03. The van der Waals surface area contributed by atoms with Crippen molar-refractivity contribution < 1.29 is 13.5 Å². The van der Waals surface area contributed by atoms with E-state index in [-0.39, 0.29) is 17.5 Å². The predicted octanol–water partition coefficient (Wildman–Crippen LogP) is 1.96. The third-order valence-corrected chi connectivity index (χ3v) is 5.47. The first-order chi connectivity index (χ1) is 11.5. The fraction of sp³-hybridized carbons (Fsp3) is 0.333. The van der Waals surface area contributed by atoms with E-state index in [9.17, 15) is 13.5 Å². The topological polar surface area (TPSA) is 83.6 Å². The van der Waals surface area contributed by atoms with Crippen molar-refractivity contribution >= 4 is 10.0 Å². The van der Waals surface area contributed by atoms with Crippen LogP contribution in [0, 0.1) is 0 Å². The number of hydrogen-bond acceptors (Lipinski definition) is 4. The van der Waals surface area contributed by atoms with Crippen molar-refractivity contribution in [2.75, 3.05) is 13.2 Å². The van der Waals surface area contributed by atoms with E-state index >= 15 is 0 Å². The molecule has 1 aliphatic rings. The SMILES string of the molecule is NS(=O)(=O)c1ccc(-c2cccc(CN3CCC[C@H]3CO)c2)cc1. The molecule has 0 aromatic heterocycles. The summed E-state index contributed by atoms with van der Waals surface area (Å²) in [5.74, 6) is 0. The van der Waals surface area contributed by atoms with Crippen LogP contribution < -0.4 is 5.14 Å². The average Bonchev–Trinajstić information content (AvgIpc) is 3.01. The summed E-state index contributed by atoms with van der Waals surface area (Å²) in [5.41, 5.74) is 3.17. The Kier molecular flexibility index (Phi) is 5.01. The lowest BCUT2D eigenvalue weighted by Crippen LogP contribution is -2.31. The largest absolute Gasteiger partial charge is 0.395 e. The number of aliphatic hydroxyl groups excluding tert-OH is 1. The smallest absolute Gasteiger partial charge is 0.238 e. The molecular weight excluding hydrogens is 324 g/mol. The van der Waals surface area contributed by atoms with E-state index in [1.165, 1.54) is 17.7 Å². The van der Waals surface area contributed by atoms with E-state index in [2.05, 4.69) is 17.0 Å². The van der Waals surface area contributed by atoms with E-state index in [1.807, 2.05) is 12.1 Å². The summed E-state index contributed by atoms with van der Waals surface area (Å²) in [5, 5.41) is 14.6. The highest BCUT2D eigenvalue weighted by Crippen LogP contribution is 2.24. The highest BCUT2D eigenvalue weighted by atomic mass is 32.2. The molecule has 3 N–H and O–H groups in total. The Labute approximate surface area is 142 Å². The second kappa shape index (κ2) is 7.03. The van der Waals surface area contributed by atoms with E-state index in [0.717, 1.165) is 37.1 Å². The van der Waals surface area contributed by atoms with Crippen molar-refractivity contribution in [3.8, 4) is 11.1 Å². The van der Waals surface area contributed by atoms with Gasteiger partial charge < -0.3 is 5.11 Å². The van der Waals surface area contributed by atoms with Gasteiger partial charge in [-0.2, -0.15) is 0 Å². The Morgan fingerprint density at radius 3 is 2.54 bits per heavy atom. The lowest BCUT2D eigenvalue weighted by atomic mass is 10.0. The molecule has 0 unspecified atom stereocenters. The molecule has 6 heteroatoms. The lowest BCUT2D eigenvalue weighted by Gasteiger charge is -2.22. The van der Waals surface area contributed by atoms with Crippen LogP contribution in [0.15, 0.2) is 53.4 Å². The molecule has 2 aromatic rings. The highest BCUT2D eigenvalue weighted by Gasteiger charge is 2.23. The van der Waals surface area contributed by atoms with Crippen LogP contribution in [0.4, 0.5) is 0 Å². The van der Waals surface area contributed by atoms with Crippen LogP contribution in [0.5, 0.6) is 0 Å². The molecular formula is C18H22N2O3S. The maximum atomic E-state index is 11.3. The fourth-order valence-electron chi connectivity index (χ4n) is 3.23. The Balaban J connectivity index is 1.80. The Hall–Kier alpha value is -1.73. The first-order valence-corrected chi connectivity index (χ1v) is 9.59. The van der Waals surface area contributed by atoms with Gasteiger partial charge in [0.25, 0.3) is 0 Å². The van der Waals surface area contributed by atoms with Crippen molar-refractivity contribution in [1.82, 2.24) is 4.90 Å². The molecule has 1 heterocycles. The number of rotatable bonds is 5. The molecule has 1 aliphatic heterocycles. The molecule has 0 aliphatic carbocycles. The molecule has 3 rings (SSSR count). The number of benzene rings is 2. The van der Waals surface area contributed by atoms with Gasteiger partial charge in [-0.15, -0.1) is 0 Å². The third-order valence-electron chi connectivity index (χ3n) is 4.54. The summed E-state index contributed by atoms with van der Waals surface area (Å²) < 4.78 is 22.7. The minimum absolute atomic E-state index is 0.116. The monoisotopic (exact) mass is 346 g/mol. The van der Waals surface area contributed by atoms with E-state index in [4.69, 9.17) is 5.14 Å². The van der Waals surface area contributed by atoms with Crippen LogP contribution in [0.1, 0.15) is 18.4 Å². The van der Waals surface area contributed by atoms with Gasteiger partial charge in [0.2, 0.25) is 10.0 Å². The molecule has 0 spiro atoms. The molecule has 0 saturated carbocycles. The van der Waals surface area contributed by atoms with Crippen LogP contribution >= 0.6 is 0 Å². The minimum Gasteiger partial charge on any atom is -0.395 e. The predicted molar refractivity (Wildman–Crippen MR) is 93.8 cm³/mol. The summed E-state index contributed by atoms with van der Waals surface area (Å²) in [7, 11) is -3.67. The molecule has 5 nitrogen and oxygen atoms in total. The molecule has 1 fully saturated rings. The summed E-state index contributed by atoms with van der Waals surface area (Å²) in [4.78, 5) is 2.42. The van der Waals surface area contributed by atoms with Gasteiger partial charge in [-0.1, -0.05) is 30.3 Å². The molecule has 24 heavy (non-hydrogen) atoms. The van der Waals surface area contributed by atoms with E-state index < -0.39 is 10.0 Å². The molecule has 0 amide bonds. The Morgan fingerprint density at radius 1 is 1.12 bits per heavy atom. The molecule has 2 aromatic carbocycles. The number of hydrogen-bond donors (Lipinski definition) is 2. The van der Waals surface area contributed by atoms with E-state index in [1.54, 1.807) is 12.1 Å². The van der Waals surface area contributed by atoms with Crippen molar-refractivity contribution in [3.05, 3.63) is 54.1 Å². The highest BCUT2D eigenvalue weighted by molar-refractivity contribution is 7.89. The molecule has 0 bridgehead atoms. The molecule has 1 atom stereocenters. The summed E-state index contributed by atoms with van der Waals surface area (Å²) in [6, 6.07) is 15.0. The first kappa shape index (κ1) is 17.1. The molecule has 0 radical (unpaired) electrons. The van der Waals surface area contributed by atoms with Crippen LogP contribution in [0.25, 0.3) is 11.1 Å². The maximum Gasteiger partial charge on any atom is 0.238 e. The van der Waals surface area contributed by atoms with Crippen LogP contribution in [-0.4, -0.2) is 37.6 Å². The molecule has 128 valence electrons. The number of aliphatic hydroxyl groups is 1. The van der Waals surface area contributed by atoms with E-state index in [0.29, 0.717) is 0 Å². The lowest BCUT2D eigenvalue weighted by molar-refractivity contribution is 0.153. The zero-order valence-corrected chi connectivity index (χ0v) is 14.2.